The highest BCUT2D eigenvalue weighted by atomic mass is 35.7. The van der Waals surface area contributed by atoms with Crippen molar-refractivity contribution in [3.63, 3.8) is 0 Å². The van der Waals surface area contributed by atoms with Crippen LogP contribution in [0.5, 0.6) is 0 Å². The van der Waals surface area contributed by atoms with Crippen LogP contribution in [0.25, 0.3) is 0 Å². The Labute approximate surface area is 108 Å². The maximum Gasteiger partial charge on any atom is 0.269 e. The van der Waals surface area contributed by atoms with Gasteiger partial charge in [0.05, 0.1) is 10.7 Å². The molecule has 0 atom stereocenters. The van der Waals surface area contributed by atoms with Crippen LogP contribution >= 0.6 is 22.4 Å². The molecule has 1 aromatic carbocycles. The molecule has 0 saturated heterocycles. The molecule has 0 N–H and O–H groups in total. The van der Waals surface area contributed by atoms with Gasteiger partial charge in [-0.05, 0) is 18.6 Å². The molecule has 0 unspecified atom stereocenters. The summed E-state index contributed by atoms with van der Waals surface area (Å²) in [4.78, 5) is 10.9. The molecular weight excluding hydrogens is 286 g/mol. The van der Waals surface area contributed by atoms with E-state index >= 15 is 0 Å². The molecule has 0 bridgehead atoms. The summed E-state index contributed by atoms with van der Waals surface area (Å²) in [7, 11) is 1.59. The van der Waals surface area contributed by atoms with Crippen molar-refractivity contribution in [3.8, 4) is 0 Å². The van der Waals surface area contributed by atoms with Gasteiger partial charge in [0.1, 0.15) is 0 Å². The van der Waals surface area contributed by atoms with Crippen LogP contribution in [0, 0.1) is 17.0 Å². The van der Waals surface area contributed by atoms with Crippen molar-refractivity contribution in [1.29, 1.82) is 0 Å². The monoisotopic (exact) mass is 295 g/mol. The number of nitro groups is 1. The highest BCUT2D eigenvalue weighted by Crippen LogP contribution is 2.26. The fraction of sp³-hybridized carbons (Fsp3) is 0.333. The van der Waals surface area contributed by atoms with Crippen LogP contribution in [0.4, 0.5) is 5.69 Å². The summed E-state index contributed by atoms with van der Waals surface area (Å²) in [5.74, 6) is 0.195. The van der Waals surface area contributed by atoms with Gasteiger partial charge >= 0.3 is 0 Å². The van der Waals surface area contributed by atoms with Gasteiger partial charge in [0.2, 0.25) is 9.05 Å². The van der Waals surface area contributed by atoms with Gasteiger partial charge < -0.3 is 0 Å². The van der Waals surface area contributed by atoms with Crippen LogP contribution in [-0.2, 0) is 9.05 Å². The van der Waals surface area contributed by atoms with Gasteiger partial charge in [-0.1, -0.05) is 0 Å². The van der Waals surface area contributed by atoms with Crippen LogP contribution < -0.4 is 0 Å². The van der Waals surface area contributed by atoms with E-state index in [-0.39, 0.29) is 11.4 Å². The minimum Gasteiger partial charge on any atom is -0.258 e. The molecule has 0 fully saturated rings. The first kappa shape index (κ1) is 14.3. The average molecular weight is 296 g/mol. The summed E-state index contributed by atoms with van der Waals surface area (Å²) in [5.41, 5.74) is 0.771. The molecule has 0 aliphatic carbocycles. The molecule has 1 rings (SSSR count). The lowest BCUT2D eigenvalue weighted by atomic mass is 10.2. The Balaban J connectivity index is 2.70. The molecule has 0 aliphatic heterocycles. The molecule has 94 valence electrons. The standard InChI is InChI=1S/C9H10ClNO4S2/c1-7-6-8(11(12)13)2-3-9(7)16-4-5-17(10,14)15/h2-3,6H,4-5H2,1H3. The lowest BCUT2D eigenvalue weighted by molar-refractivity contribution is -0.385. The van der Waals surface area contributed by atoms with Gasteiger partial charge in [-0.15, -0.1) is 11.8 Å². The molecule has 17 heavy (non-hydrogen) atoms. The minimum absolute atomic E-state index is 0.0248. The summed E-state index contributed by atoms with van der Waals surface area (Å²) >= 11 is 1.31. The normalized spacial score (nSPS) is 11.4. The quantitative estimate of drug-likeness (QED) is 0.361. The highest BCUT2D eigenvalue weighted by molar-refractivity contribution is 8.14. The number of hydrogen-bond acceptors (Lipinski definition) is 5. The van der Waals surface area contributed by atoms with E-state index in [1.165, 1.54) is 23.9 Å². The van der Waals surface area contributed by atoms with Gasteiger partial charge in [0, 0.05) is 33.5 Å². The third kappa shape index (κ3) is 4.93. The van der Waals surface area contributed by atoms with Crippen LogP contribution in [0.2, 0.25) is 0 Å². The number of non-ortho nitro benzene ring substituents is 1. The van der Waals surface area contributed by atoms with Gasteiger partial charge in [-0.3, -0.25) is 10.1 Å². The topological polar surface area (TPSA) is 77.3 Å². The van der Waals surface area contributed by atoms with Crippen LogP contribution in [0.15, 0.2) is 23.1 Å². The zero-order chi connectivity index (χ0) is 13.1. The maximum atomic E-state index is 10.7. The van der Waals surface area contributed by atoms with Crippen LogP contribution in [0.3, 0.4) is 0 Å². The minimum atomic E-state index is -3.49. The number of nitro benzene ring substituents is 1. The molecule has 0 spiro atoms. The van der Waals surface area contributed by atoms with E-state index in [1.807, 2.05) is 0 Å². The van der Waals surface area contributed by atoms with Crippen LogP contribution in [0.1, 0.15) is 5.56 Å². The van der Waals surface area contributed by atoms with Gasteiger partial charge in [-0.2, -0.15) is 0 Å². The van der Waals surface area contributed by atoms with Crippen molar-refractivity contribution in [1.82, 2.24) is 0 Å². The fourth-order valence-corrected chi connectivity index (χ4v) is 3.53. The van der Waals surface area contributed by atoms with Crippen molar-refractivity contribution in [3.05, 3.63) is 33.9 Å². The molecule has 8 heteroatoms. The van der Waals surface area contributed by atoms with Crippen molar-refractivity contribution in [2.75, 3.05) is 11.5 Å². The Morgan fingerprint density at radius 1 is 1.47 bits per heavy atom. The summed E-state index contributed by atoms with van der Waals surface area (Å²) in [6.45, 7) is 1.74. The predicted molar refractivity (Wildman–Crippen MR) is 68.2 cm³/mol. The van der Waals surface area contributed by atoms with Gasteiger partial charge in [0.25, 0.3) is 5.69 Å². The molecule has 5 nitrogen and oxygen atoms in total. The van der Waals surface area contributed by atoms with Crippen molar-refractivity contribution in [2.24, 2.45) is 0 Å². The van der Waals surface area contributed by atoms with E-state index < -0.39 is 14.0 Å². The molecule has 0 saturated carbocycles. The van der Waals surface area contributed by atoms with Gasteiger partial charge in [0.15, 0.2) is 0 Å². The van der Waals surface area contributed by atoms with E-state index in [1.54, 1.807) is 13.0 Å². The Hall–Kier alpha value is -0.790. The van der Waals surface area contributed by atoms with E-state index in [0.29, 0.717) is 5.75 Å². The van der Waals surface area contributed by atoms with Crippen molar-refractivity contribution in [2.45, 2.75) is 11.8 Å². The zero-order valence-electron chi connectivity index (χ0n) is 8.92. The number of thioether (sulfide) groups is 1. The highest BCUT2D eigenvalue weighted by Gasteiger charge is 2.10. The van der Waals surface area contributed by atoms with E-state index in [2.05, 4.69) is 0 Å². The summed E-state index contributed by atoms with van der Waals surface area (Å²) < 4.78 is 21.4. The maximum absolute atomic E-state index is 10.7. The molecule has 0 aliphatic rings. The molecule has 1 aromatic rings. The second kappa shape index (κ2) is 5.70. The summed E-state index contributed by atoms with van der Waals surface area (Å²) in [5, 5.41) is 10.5. The number of halogens is 1. The zero-order valence-corrected chi connectivity index (χ0v) is 11.3. The average Bonchev–Trinajstić information content (AvgIpc) is 2.18. The predicted octanol–water partition coefficient (Wildman–Crippen LogP) is 2.56. The number of hydrogen-bond donors (Lipinski definition) is 0. The first-order chi connectivity index (χ1) is 7.79. The summed E-state index contributed by atoms with van der Waals surface area (Å²) in [6, 6.07) is 4.46. The van der Waals surface area contributed by atoms with Crippen LogP contribution in [-0.4, -0.2) is 24.8 Å². The molecule has 0 radical (unpaired) electrons. The summed E-state index contributed by atoms with van der Waals surface area (Å²) in [6.07, 6.45) is 0. The second-order valence-corrected chi connectivity index (χ2v) is 7.33. The smallest absolute Gasteiger partial charge is 0.258 e. The largest absolute Gasteiger partial charge is 0.269 e. The van der Waals surface area contributed by atoms with E-state index in [0.717, 1.165) is 10.5 Å². The third-order valence-corrected chi connectivity index (χ3v) is 4.54. The third-order valence-electron chi connectivity index (χ3n) is 1.95. The SMILES string of the molecule is Cc1cc([N+](=O)[O-])ccc1SCCS(=O)(=O)Cl. The van der Waals surface area contributed by atoms with E-state index in [4.69, 9.17) is 10.7 Å². The lowest BCUT2D eigenvalue weighted by Gasteiger charge is -2.04. The number of nitrogens with zero attached hydrogens (tertiary/aromatic N) is 1. The molecular formula is C9H10ClNO4S2. The fourth-order valence-electron chi connectivity index (χ4n) is 1.16. The number of aryl methyl sites for hydroxylation is 1. The van der Waals surface area contributed by atoms with Crippen molar-refractivity contribution >= 4 is 37.2 Å². The van der Waals surface area contributed by atoms with Crippen molar-refractivity contribution < 1.29 is 13.3 Å². The lowest BCUT2D eigenvalue weighted by Crippen LogP contribution is -1.99. The Morgan fingerprint density at radius 3 is 2.59 bits per heavy atom. The Bertz CT molecular complexity index is 530. The Morgan fingerprint density at radius 2 is 2.12 bits per heavy atom. The number of benzene rings is 1. The first-order valence-electron chi connectivity index (χ1n) is 4.60. The first-order valence-corrected chi connectivity index (χ1v) is 8.06. The Kier molecular flexibility index (Phi) is 4.79. The number of rotatable bonds is 5. The second-order valence-electron chi connectivity index (χ2n) is 3.30. The van der Waals surface area contributed by atoms with Gasteiger partial charge in [-0.25, -0.2) is 8.42 Å². The molecule has 0 amide bonds. The molecule has 0 aromatic heterocycles. The molecule has 0 heterocycles. The van der Waals surface area contributed by atoms with E-state index in [9.17, 15) is 18.5 Å².